The van der Waals surface area contributed by atoms with E-state index in [1.165, 1.54) is 19.5 Å². The molecule has 1 saturated heterocycles. The van der Waals surface area contributed by atoms with Crippen LogP contribution in [0.1, 0.15) is 13.3 Å². The maximum Gasteiger partial charge on any atom is 0.0656 e. The lowest BCUT2D eigenvalue weighted by Crippen LogP contribution is -2.54. The van der Waals surface area contributed by atoms with Gasteiger partial charge in [0.05, 0.1) is 12.1 Å². The highest BCUT2D eigenvalue weighted by Crippen LogP contribution is 2.20. The van der Waals surface area contributed by atoms with Crippen molar-refractivity contribution in [1.82, 2.24) is 9.80 Å². The fraction of sp³-hybridized carbons (Fsp3) is 1.00. The lowest BCUT2D eigenvalue weighted by Gasteiger charge is -2.38. The van der Waals surface area contributed by atoms with Gasteiger partial charge >= 0.3 is 0 Å². The van der Waals surface area contributed by atoms with Gasteiger partial charge in [-0.1, -0.05) is 0 Å². The Morgan fingerprint density at radius 1 is 1.56 bits per heavy atom. The van der Waals surface area contributed by atoms with E-state index in [0.717, 1.165) is 12.5 Å². The first-order valence-electron chi connectivity index (χ1n) is 6.10. The van der Waals surface area contributed by atoms with Crippen molar-refractivity contribution in [2.45, 2.75) is 18.9 Å². The van der Waals surface area contributed by atoms with Gasteiger partial charge in [0, 0.05) is 26.7 Å². The molecule has 0 aromatic rings. The van der Waals surface area contributed by atoms with Crippen molar-refractivity contribution >= 4 is 0 Å². The highest BCUT2D eigenvalue weighted by molar-refractivity contribution is 4.88. The molecule has 4 nitrogen and oxygen atoms in total. The number of hydrogen-bond donors (Lipinski definition) is 1. The molecule has 0 saturated carbocycles. The molecule has 1 aliphatic rings. The molecule has 1 rings (SSSR count). The molecule has 1 aliphatic heterocycles. The van der Waals surface area contributed by atoms with Crippen molar-refractivity contribution in [3.8, 4) is 0 Å². The molecule has 4 heteroatoms. The molecular weight excluding hydrogens is 202 g/mol. The summed E-state index contributed by atoms with van der Waals surface area (Å²) in [6.45, 7) is 7.05. The Labute approximate surface area is 99.7 Å². The molecule has 2 unspecified atom stereocenters. The molecule has 2 N–H and O–H groups in total. The molecule has 16 heavy (non-hydrogen) atoms. The molecule has 0 spiro atoms. The minimum Gasteiger partial charge on any atom is -0.383 e. The third-order valence-corrected chi connectivity index (χ3v) is 3.84. The van der Waals surface area contributed by atoms with E-state index in [9.17, 15) is 0 Å². The number of ether oxygens (including phenoxy) is 1. The number of rotatable bonds is 6. The summed E-state index contributed by atoms with van der Waals surface area (Å²) in [6, 6.07) is 0. The average molecular weight is 229 g/mol. The Morgan fingerprint density at radius 2 is 2.25 bits per heavy atom. The highest BCUT2D eigenvalue weighted by atomic mass is 16.5. The lowest BCUT2D eigenvalue weighted by molar-refractivity contribution is 0.0354. The molecule has 0 bridgehead atoms. The molecular formula is C12H27N3O. The first-order valence-corrected chi connectivity index (χ1v) is 6.10. The van der Waals surface area contributed by atoms with Gasteiger partial charge in [0.15, 0.2) is 0 Å². The average Bonchev–Trinajstić information content (AvgIpc) is 2.64. The number of nitrogens with zero attached hydrogens (tertiary/aromatic N) is 2. The van der Waals surface area contributed by atoms with Gasteiger partial charge in [0.25, 0.3) is 0 Å². The van der Waals surface area contributed by atoms with E-state index in [1.54, 1.807) is 7.11 Å². The molecule has 1 fully saturated rings. The van der Waals surface area contributed by atoms with E-state index in [1.807, 2.05) is 0 Å². The lowest BCUT2D eigenvalue weighted by atomic mass is 9.99. The SMILES string of the molecule is COCC(C)(CN)N(C)CC1CCN(C)C1. The van der Waals surface area contributed by atoms with Crippen molar-refractivity contribution in [1.29, 1.82) is 0 Å². The normalized spacial score (nSPS) is 26.2. The Kier molecular flexibility index (Phi) is 5.18. The van der Waals surface area contributed by atoms with Gasteiger partial charge in [0.2, 0.25) is 0 Å². The van der Waals surface area contributed by atoms with Crippen LogP contribution in [-0.4, -0.2) is 69.3 Å². The standard InChI is InChI=1S/C12H27N3O/c1-12(9-13,10-16-4)15(3)8-11-5-6-14(2)7-11/h11H,5-10,13H2,1-4H3. The third-order valence-electron chi connectivity index (χ3n) is 3.84. The first-order chi connectivity index (χ1) is 7.51. The molecule has 0 aromatic carbocycles. The molecule has 0 aromatic heterocycles. The maximum atomic E-state index is 5.86. The van der Waals surface area contributed by atoms with E-state index in [4.69, 9.17) is 10.5 Å². The molecule has 96 valence electrons. The second-order valence-corrected chi connectivity index (χ2v) is 5.43. The Hall–Kier alpha value is -0.160. The van der Waals surface area contributed by atoms with Gasteiger partial charge in [-0.15, -0.1) is 0 Å². The van der Waals surface area contributed by atoms with Gasteiger partial charge < -0.3 is 15.4 Å². The minimum absolute atomic E-state index is 0.0318. The van der Waals surface area contributed by atoms with Crippen LogP contribution in [0.15, 0.2) is 0 Å². The third kappa shape index (κ3) is 3.42. The monoisotopic (exact) mass is 229 g/mol. The Bertz CT molecular complexity index is 212. The van der Waals surface area contributed by atoms with Crippen LogP contribution in [0.2, 0.25) is 0 Å². The summed E-state index contributed by atoms with van der Waals surface area (Å²) in [5.74, 6) is 0.776. The summed E-state index contributed by atoms with van der Waals surface area (Å²) in [7, 11) is 6.09. The highest BCUT2D eigenvalue weighted by Gasteiger charge is 2.31. The van der Waals surface area contributed by atoms with Crippen molar-refractivity contribution in [2.75, 3.05) is 54.0 Å². The predicted molar refractivity (Wildman–Crippen MR) is 67.6 cm³/mol. The van der Waals surface area contributed by atoms with Crippen LogP contribution >= 0.6 is 0 Å². The second-order valence-electron chi connectivity index (χ2n) is 5.43. The summed E-state index contributed by atoms with van der Waals surface area (Å²) in [5.41, 5.74) is 5.83. The second kappa shape index (κ2) is 5.96. The number of likely N-dealkylation sites (tertiary alicyclic amines) is 1. The molecule has 1 heterocycles. The van der Waals surface area contributed by atoms with Crippen LogP contribution in [0.25, 0.3) is 0 Å². The number of nitrogens with two attached hydrogens (primary N) is 1. The van der Waals surface area contributed by atoms with Crippen LogP contribution < -0.4 is 5.73 Å². The topological polar surface area (TPSA) is 41.7 Å². The van der Waals surface area contributed by atoms with Crippen molar-refractivity contribution < 1.29 is 4.74 Å². The molecule has 0 aliphatic carbocycles. The molecule has 0 radical (unpaired) electrons. The molecule has 0 amide bonds. The van der Waals surface area contributed by atoms with E-state index in [0.29, 0.717) is 13.2 Å². The fourth-order valence-corrected chi connectivity index (χ4v) is 2.42. The maximum absolute atomic E-state index is 5.86. The summed E-state index contributed by atoms with van der Waals surface area (Å²) in [6.07, 6.45) is 1.30. The summed E-state index contributed by atoms with van der Waals surface area (Å²) in [5, 5.41) is 0. The van der Waals surface area contributed by atoms with E-state index < -0.39 is 0 Å². The van der Waals surface area contributed by atoms with Gasteiger partial charge in [-0.25, -0.2) is 0 Å². The number of methoxy groups -OCH3 is 1. The van der Waals surface area contributed by atoms with Crippen molar-refractivity contribution in [3.63, 3.8) is 0 Å². The van der Waals surface area contributed by atoms with Crippen molar-refractivity contribution in [3.05, 3.63) is 0 Å². The Morgan fingerprint density at radius 3 is 2.69 bits per heavy atom. The fourth-order valence-electron chi connectivity index (χ4n) is 2.42. The van der Waals surface area contributed by atoms with E-state index in [-0.39, 0.29) is 5.54 Å². The summed E-state index contributed by atoms with van der Waals surface area (Å²) >= 11 is 0. The zero-order valence-electron chi connectivity index (χ0n) is 11.2. The van der Waals surface area contributed by atoms with Crippen molar-refractivity contribution in [2.24, 2.45) is 11.7 Å². The Balaban J connectivity index is 2.45. The minimum atomic E-state index is -0.0318. The smallest absolute Gasteiger partial charge is 0.0656 e. The zero-order chi connectivity index (χ0) is 12.2. The van der Waals surface area contributed by atoms with Crippen LogP contribution in [0.3, 0.4) is 0 Å². The van der Waals surface area contributed by atoms with E-state index in [2.05, 4.69) is 30.8 Å². The van der Waals surface area contributed by atoms with Gasteiger partial charge in [-0.2, -0.15) is 0 Å². The van der Waals surface area contributed by atoms with Crippen LogP contribution in [0.5, 0.6) is 0 Å². The first kappa shape index (κ1) is 13.9. The van der Waals surface area contributed by atoms with Gasteiger partial charge in [-0.05, 0) is 39.9 Å². The summed E-state index contributed by atoms with van der Waals surface area (Å²) in [4.78, 5) is 4.76. The number of hydrogen-bond acceptors (Lipinski definition) is 4. The van der Waals surface area contributed by atoms with Gasteiger partial charge in [-0.3, -0.25) is 4.90 Å². The summed E-state index contributed by atoms with van der Waals surface area (Å²) < 4.78 is 5.27. The quantitative estimate of drug-likeness (QED) is 0.708. The zero-order valence-corrected chi connectivity index (χ0v) is 11.2. The van der Waals surface area contributed by atoms with E-state index >= 15 is 0 Å². The molecule has 2 atom stereocenters. The predicted octanol–water partition coefficient (Wildman–Crippen LogP) is 0.234. The van der Waals surface area contributed by atoms with Crippen LogP contribution in [-0.2, 0) is 4.74 Å². The largest absolute Gasteiger partial charge is 0.383 e. The van der Waals surface area contributed by atoms with Gasteiger partial charge in [0.1, 0.15) is 0 Å². The van der Waals surface area contributed by atoms with Crippen LogP contribution in [0.4, 0.5) is 0 Å². The number of likely N-dealkylation sites (N-methyl/N-ethyl adjacent to an activating group) is 1. The van der Waals surface area contributed by atoms with Crippen LogP contribution in [0, 0.1) is 5.92 Å².